The molecular weight excluding hydrogens is 300 g/mol. The van der Waals surface area contributed by atoms with E-state index in [1.165, 1.54) is 11.5 Å². The van der Waals surface area contributed by atoms with Crippen LogP contribution in [0.3, 0.4) is 0 Å². The molecule has 0 atom stereocenters. The first-order valence-electron chi connectivity index (χ1n) is 6.73. The highest BCUT2D eigenvalue weighted by atomic mass is 32.1. The second-order valence-electron chi connectivity index (χ2n) is 5.23. The summed E-state index contributed by atoms with van der Waals surface area (Å²) in [6.45, 7) is 3.82. The van der Waals surface area contributed by atoms with Crippen LogP contribution < -0.4 is 10.2 Å². The summed E-state index contributed by atoms with van der Waals surface area (Å²) in [5.74, 6) is 1.05. The number of rotatable bonds is 3. The molecule has 3 aromatic heterocycles. The van der Waals surface area contributed by atoms with Gasteiger partial charge in [-0.05, 0) is 31.4 Å². The van der Waals surface area contributed by atoms with E-state index in [4.69, 9.17) is 0 Å². The van der Waals surface area contributed by atoms with Gasteiger partial charge in [0, 0.05) is 31.1 Å². The van der Waals surface area contributed by atoms with E-state index in [9.17, 15) is 4.79 Å². The lowest BCUT2D eigenvalue weighted by Crippen LogP contribution is -2.17. The summed E-state index contributed by atoms with van der Waals surface area (Å²) in [5.41, 5.74) is 1.96. The van der Waals surface area contributed by atoms with Gasteiger partial charge in [-0.1, -0.05) is 0 Å². The molecule has 0 bridgehead atoms. The second-order valence-corrected chi connectivity index (χ2v) is 6.24. The maximum absolute atomic E-state index is 12.2. The van der Waals surface area contributed by atoms with Crippen molar-refractivity contribution in [3.8, 4) is 0 Å². The van der Waals surface area contributed by atoms with E-state index in [1.54, 1.807) is 16.6 Å². The minimum atomic E-state index is -0.262. The van der Waals surface area contributed by atoms with Crippen molar-refractivity contribution in [3.05, 3.63) is 34.5 Å². The fourth-order valence-corrected chi connectivity index (χ4v) is 2.65. The normalized spacial score (nSPS) is 10.9. The molecule has 3 aromatic rings. The van der Waals surface area contributed by atoms with Crippen molar-refractivity contribution in [2.45, 2.75) is 13.8 Å². The quantitative estimate of drug-likeness (QED) is 0.801. The lowest BCUT2D eigenvalue weighted by Gasteiger charge is -2.15. The van der Waals surface area contributed by atoms with Crippen molar-refractivity contribution in [2.24, 2.45) is 0 Å². The number of amides is 1. The fraction of sp³-hybridized carbons (Fsp3) is 0.286. The molecule has 0 saturated heterocycles. The lowest BCUT2D eigenvalue weighted by atomic mass is 10.3. The number of carbonyl (C=O) groups excluding carboxylic acids is 1. The number of carbonyl (C=O) groups is 1. The predicted molar refractivity (Wildman–Crippen MR) is 86.9 cm³/mol. The summed E-state index contributed by atoms with van der Waals surface area (Å²) >= 11 is 1.30. The van der Waals surface area contributed by atoms with Crippen LogP contribution in [0.5, 0.6) is 0 Å². The summed E-state index contributed by atoms with van der Waals surface area (Å²) in [6.07, 6.45) is 0. The van der Waals surface area contributed by atoms with Crippen LogP contribution in [0, 0.1) is 13.8 Å². The highest BCUT2D eigenvalue weighted by Crippen LogP contribution is 2.20. The predicted octanol–water partition coefficient (Wildman–Crippen LogP) is 2.12. The molecule has 1 N–H and O–H groups in total. The van der Waals surface area contributed by atoms with Gasteiger partial charge in [0.1, 0.15) is 17.3 Å². The summed E-state index contributed by atoms with van der Waals surface area (Å²) in [7, 11) is 3.84. The van der Waals surface area contributed by atoms with Crippen LogP contribution in [0.25, 0.3) is 5.65 Å². The van der Waals surface area contributed by atoms with Crippen LogP contribution >= 0.6 is 11.5 Å². The minimum absolute atomic E-state index is 0.262. The zero-order chi connectivity index (χ0) is 15.9. The molecule has 0 aliphatic carbocycles. The minimum Gasteiger partial charge on any atom is -0.363 e. The van der Waals surface area contributed by atoms with Crippen LogP contribution in [0.1, 0.15) is 21.1 Å². The Balaban J connectivity index is 1.98. The van der Waals surface area contributed by atoms with E-state index in [0.717, 1.165) is 16.4 Å². The highest BCUT2D eigenvalue weighted by Gasteiger charge is 2.14. The SMILES string of the molecule is Cc1cc2nc(NC(=O)c3cc(C)sn3)cc(N(C)C)n2n1. The smallest absolute Gasteiger partial charge is 0.276 e. The number of aromatic nitrogens is 4. The lowest BCUT2D eigenvalue weighted by molar-refractivity contribution is 0.102. The number of aryl methyl sites for hydroxylation is 2. The molecule has 1 amide bonds. The van der Waals surface area contributed by atoms with Gasteiger partial charge in [-0.25, -0.2) is 4.98 Å². The number of nitrogens with zero attached hydrogens (tertiary/aromatic N) is 5. The van der Waals surface area contributed by atoms with E-state index in [-0.39, 0.29) is 5.91 Å². The van der Waals surface area contributed by atoms with Gasteiger partial charge in [-0.2, -0.15) is 14.0 Å². The van der Waals surface area contributed by atoms with Crippen LogP contribution in [0.4, 0.5) is 11.6 Å². The number of hydrogen-bond donors (Lipinski definition) is 1. The zero-order valence-corrected chi connectivity index (χ0v) is 13.6. The Labute approximate surface area is 131 Å². The molecule has 0 radical (unpaired) electrons. The van der Waals surface area contributed by atoms with Crippen molar-refractivity contribution in [1.29, 1.82) is 0 Å². The maximum Gasteiger partial charge on any atom is 0.276 e. The zero-order valence-electron chi connectivity index (χ0n) is 12.8. The Bertz CT molecular complexity index is 850. The topological polar surface area (TPSA) is 75.4 Å². The monoisotopic (exact) mass is 316 g/mol. The Hall–Kier alpha value is -2.48. The van der Waals surface area contributed by atoms with Gasteiger partial charge in [0.2, 0.25) is 0 Å². The molecule has 0 aromatic carbocycles. The van der Waals surface area contributed by atoms with Gasteiger partial charge in [0.05, 0.1) is 5.69 Å². The molecule has 114 valence electrons. The van der Waals surface area contributed by atoms with Gasteiger partial charge in [0.25, 0.3) is 5.91 Å². The van der Waals surface area contributed by atoms with Crippen LogP contribution in [-0.2, 0) is 0 Å². The summed E-state index contributed by atoms with van der Waals surface area (Å²) in [5, 5.41) is 7.20. The van der Waals surface area contributed by atoms with Gasteiger partial charge in [-0.3, -0.25) is 4.79 Å². The molecule has 0 saturated carbocycles. The summed E-state index contributed by atoms with van der Waals surface area (Å²) in [4.78, 5) is 19.6. The molecule has 22 heavy (non-hydrogen) atoms. The molecule has 8 heteroatoms. The van der Waals surface area contributed by atoms with Crippen molar-refractivity contribution in [3.63, 3.8) is 0 Å². The molecule has 0 fully saturated rings. The number of nitrogens with one attached hydrogen (secondary N) is 1. The van der Waals surface area contributed by atoms with E-state index >= 15 is 0 Å². The van der Waals surface area contributed by atoms with Crippen molar-refractivity contribution in [2.75, 3.05) is 24.3 Å². The largest absolute Gasteiger partial charge is 0.363 e. The average Bonchev–Trinajstić information content (AvgIpc) is 3.02. The van der Waals surface area contributed by atoms with Crippen LogP contribution in [0.15, 0.2) is 18.2 Å². The van der Waals surface area contributed by atoms with E-state index in [0.29, 0.717) is 17.2 Å². The molecule has 0 spiro atoms. The highest BCUT2D eigenvalue weighted by molar-refractivity contribution is 7.05. The molecule has 0 unspecified atom stereocenters. The van der Waals surface area contributed by atoms with Gasteiger partial charge < -0.3 is 10.2 Å². The molecule has 0 aliphatic heterocycles. The number of anilines is 2. The molecule has 0 aliphatic rings. The second kappa shape index (κ2) is 5.38. The first kappa shape index (κ1) is 14.5. The number of fused-ring (bicyclic) bond motifs is 1. The van der Waals surface area contributed by atoms with E-state index in [2.05, 4.69) is 19.8 Å². The number of hydrogen-bond acceptors (Lipinski definition) is 6. The first-order valence-corrected chi connectivity index (χ1v) is 7.51. The van der Waals surface area contributed by atoms with E-state index < -0.39 is 0 Å². The Morgan fingerprint density at radius 1 is 1.27 bits per heavy atom. The molecular formula is C14H16N6OS. The third kappa shape index (κ3) is 2.64. The summed E-state index contributed by atoms with van der Waals surface area (Å²) in [6, 6.07) is 5.42. The third-order valence-electron chi connectivity index (χ3n) is 3.09. The first-order chi connectivity index (χ1) is 10.4. The fourth-order valence-electron chi connectivity index (χ4n) is 2.11. The van der Waals surface area contributed by atoms with Crippen LogP contribution in [-0.4, -0.2) is 39.0 Å². The molecule has 7 nitrogen and oxygen atoms in total. The standard InChI is InChI=1S/C14H16N6OS/c1-8-5-12-15-11(7-13(19(3)4)20(12)17-8)16-14(21)10-6-9(2)22-18-10/h5-7H,1-4H3,(H,15,16,21). The Morgan fingerprint density at radius 2 is 2.05 bits per heavy atom. The maximum atomic E-state index is 12.2. The molecule has 3 heterocycles. The van der Waals surface area contributed by atoms with Crippen molar-refractivity contribution in [1.82, 2.24) is 19.0 Å². The van der Waals surface area contributed by atoms with E-state index in [1.807, 2.05) is 38.9 Å². The Morgan fingerprint density at radius 3 is 2.68 bits per heavy atom. The average molecular weight is 316 g/mol. The molecule has 3 rings (SSSR count). The van der Waals surface area contributed by atoms with Gasteiger partial charge in [-0.15, -0.1) is 0 Å². The van der Waals surface area contributed by atoms with Crippen LogP contribution in [0.2, 0.25) is 0 Å². The van der Waals surface area contributed by atoms with Gasteiger partial charge in [0.15, 0.2) is 5.65 Å². The van der Waals surface area contributed by atoms with Crippen molar-refractivity contribution >= 4 is 34.7 Å². The Kier molecular flexibility index (Phi) is 3.53. The summed E-state index contributed by atoms with van der Waals surface area (Å²) < 4.78 is 5.86. The van der Waals surface area contributed by atoms with Crippen molar-refractivity contribution < 1.29 is 4.79 Å². The third-order valence-corrected chi connectivity index (χ3v) is 3.78. The van der Waals surface area contributed by atoms with Gasteiger partial charge >= 0.3 is 0 Å².